The van der Waals surface area contributed by atoms with E-state index in [4.69, 9.17) is 5.73 Å². The highest BCUT2D eigenvalue weighted by molar-refractivity contribution is 5.07. The molecule has 0 amide bonds. The van der Waals surface area contributed by atoms with E-state index in [-0.39, 0.29) is 12.8 Å². The lowest BCUT2D eigenvalue weighted by molar-refractivity contribution is -0.165. The Bertz CT molecular complexity index is 175. The Hall–Kier alpha value is -0.290. The van der Waals surface area contributed by atoms with Crippen molar-refractivity contribution in [1.82, 2.24) is 5.32 Å². The van der Waals surface area contributed by atoms with Gasteiger partial charge in [-0.25, -0.2) is 0 Å². The van der Waals surface area contributed by atoms with Gasteiger partial charge in [-0.1, -0.05) is 6.42 Å². The van der Waals surface area contributed by atoms with Crippen LogP contribution in [-0.4, -0.2) is 24.8 Å². The Morgan fingerprint density at radius 1 is 1.14 bits per heavy atom. The fourth-order valence-corrected chi connectivity index (χ4v) is 1.46. The van der Waals surface area contributed by atoms with Crippen molar-refractivity contribution in [3.8, 4) is 0 Å². The standard InChI is InChI=1S/C9H17F3N2/c10-9(11,12)8(4-5-8)14-7-3-1-2-6-13/h14H,1-7,13H2. The van der Waals surface area contributed by atoms with Gasteiger partial charge in [-0.3, -0.25) is 0 Å². The van der Waals surface area contributed by atoms with Gasteiger partial charge in [0.1, 0.15) is 5.54 Å². The number of rotatable bonds is 6. The molecule has 0 heterocycles. The molecule has 0 bridgehead atoms. The quantitative estimate of drug-likeness (QED) is 0.656. The van der Waals surface area contributed by atoms with E-state index in [2.05, 4.69) is 5.32 Å². The summed E-state index contributed by atoms with van der Waals surface area (Å²) in [6, 6.07) is 0. The summed E-state index contributed by atoms with van der Waals surface area (Å²) in [5.41, 5.74) is 3.73. The SMILES string of the molecule is NCCCCCNC1(C(F)(F)F)CC1. The van der Waals surface area contributed by atoms with Crippen molar-refractivity contribution in [2.45, 2.75) is 43.8 Å². The van der Waals surface area contributed by atoms with Crippen LogP contribution in [-0.2, 0) is 0 Å². The highest BCUT2D eigenvalue weighted by Crippen LogP contribution is 2.48. The average Bonchev–Trinajstić information content (AvgIpc) is 2.84. The fraction of sp³-hybridized carbons (Fsp3) is 1.00. The molecular formula is C9H17F3N2. The van der Waals surface area contributed by atoms with Gasteiger partial charge in [-0.2, -0.15) is 13.2 Å². The predicted octanol–water partition coefficient (Wildman–Crippen LogP) is 1.80. The van der Waals surface area contributed by atoms with Gasteiger partial charge < -0.3 is 11.1 Å². The lowest BCUT2D eigenvalue weighted by Crippen LogP contribution is -2.45. The maximum Gasteiger partial charge on any atom is 0.406 e. The lowest BCUT2D eigenvalue weighted by Gasteiger charge is -2.20. The second-order valence-electron chi connectivity index (χ2n) is 3.86. The van der Waals surface area contributed by atoms with Gasteiger partial charge in [0, 0.05) is 0 Å². The van der Waals surface area contributed by atoms with Crippen molar-refractivity contribution in [3.63, 3.8) is 0 Å². The maximum absolute atomic E-state index is 12.4. The molecule has 1 saturated carbocycles. The van der Waals surface area contributed by atoms with Crippen LogP contribution < -0.4 is 11.1 Å². The zero-order valence-corrected chi connectivity index (χ0v) is 8.16. The Morgan fingerprint density at radius 2 is 1.79 bits per heavy atom. The third kappa shape index (κ3) is 2.85. The van der Waals surface area contributed by atoms with Gasteiger partial charge in [0.25, 0.3) is 0 Å². The van der Waals surface area contributed by atoms with Crippen LogP contribution in [0.5, 0.6) is 0 Å². The molecule has 0 spiro atoms. The molecule has 1 fully saturated rings. The molecule has 2 nitrogen and oxygen atoms in total. The van der Waals surface area contributed by atoms with Gasteiger partial charge in [0.2, 0.25) is 0 Å². The third-order valence-electron chi connectivity index (χ3n) is 2.64. The molecule has 1 rings (SSSR count). The summed E-state index contributed by atoms with van der Waals surface area (Å²) in [4.78, 5) is 0. The summed E-state index contributed by atoms with van der Waals surface area (Å²) in [5, 5.41) is 2.60. The fourth-order valence-electron chi connectivity index (χ4n) is 1.46. The van der Waals surface area contributed by atoms with E-state index in [9.17, 15) is 13.2 Å². The van der Waals surface area contributed by atoms with Crippen LogP contribution in [0.15, 0.2) is 0 Å². The van der Waals surface area contributed by atoms with E-state index in [1.165, 1.54) is 0 Å². The van der Waals surface area contributed by atoms with E-state index in [1.54, 1.807) is 0 Å². The molecule has 0 unspecified atom stereocenters. The highest BCUT2D eigenvalue weighted by atomic mass is 19.4. The summed E-state index contributed by atoms with van der Waals surface area (Å²) in [6.45, 7) is 1.06. The predicted molar refractivity (Wildman–Crippen MR) is 48.9 cm³/mol. The number of nitrogens with two attached hydrogens (primary N) is 1. The number of hydrogen-bond donors (Lipinski definition) is 2. The Labute approximate surface area is 82.0 Å². The van der Waals surface area contributed by atoms with Gasteiger partial charge >= 0.3 is 6.18 Å². The first-order valence-electron chi connectivity index (χ1n) is 5.04. The highest BCUT2D eigenvalue weighted by Gasteiger charge is 2.62. The molecule has 0 radical (unpaired) electrons. The van der Waals surface area contributed by atoms with E-state index in [1.807, 2.05) is 0 Å². The molecular weight excluding hydrogens is 193 g/mol. The van der Waals surface area contributed by atoms with Crippen LogP contribution in [0, 0.1) is 0 Å². The normalized spacial score (nSPS) is 19.7. The first-order chi connectivity index (χ1) is 6.52. The largest absolute Gasteiger partial charge is 0.406 e. The molecule has 1 aliphatic carbocycles. The first kappa shape index (κ1) is 11.8. The van der Waals surface area contributed by atoms with E-state index >= 15 is 0 Å². The number of unbranched alkanes of at least 4 members (excludes halogenated alkanes) is 2. The van der Waals surface area contributed by atoms with Crippen LogP contribution in [0.2, 0.25) is 0 Å². The molecule has 3 N–H and O–H groups in total. The zero-order valence-electron chi connectivity index (χ0n) is 8.16. The van der Waals surface area contributed by atoms with Crippen LogP contribution in [0.1, 0.15) is 32.1 Å². The van der Waals surface area contributed by atoms with Crippen LogP contribution >= 0.6 is 0 Å². The van der Waals surface area contributed by atoms with Crippen molar-refractivity contribution in [1.29, 1.82) is 0 Å². The molecule has 0 atom stereocenters. The zero-order chi connectivity index (χ0) is 10.7. The summed E-state index contributed by atoms with van der Waals surface area (Å²) in [7, 11) is 0. The Morgan fingerprint density at radius 3 is 2.21 bits per heavy atom. The van der Waals surface area contributed by atoms with Crippen molar-refractivity contribution >= 4 is 0 Å². The topological polar surface area (TPSA) is 38.0 Å². The maximum atomic E-state index is 12.4. The third-order valence-corrected chi connectivity index (χ3v) is 2.64. The summed E-state index contributed by atoms with van der Waals surface area (Å²) in [5.74, 6) is 0. The summed E-state index contributed by atoms with van der Waals surface area (Å²) >= 11 is 0. The smallest absolute Gasteiger partial charge is 0.330 e. The summed E-state index contributed by atoms with van der Waals surface area (Å²) in [6.07, 6.45) is -1.06. The molecule has 1 aliphatic rings. The molecule has 0 aromatic rings. The molecule has 5 heteroatoms. The van der Waals surface area contributed by atoms with Crippen molar-refractivity contribution in [2.75, 3.05) is 13.1 Å². The van der Waals surface area contributed by atoms with E-state index < -0.39 is 11.7 Å². The molecule has 84 valence electrons. The number of halogens is 3. The van der Waals surface area contributed by atoms with Gasteiger partial charge in [-0.05, 0) is 38.8 Å². The lowest BCUT2D eigenvalue weighted by atomic mass is 10.2. The van der Waals surface area contributed by atoms with Crippen LogP contribution in [0.4, 0.5) is 13.2 Å². The number of nitrogens with one attached hydrogen (secondary N) is 1. The Balaban J connectivity index is 2.12. The summed E-state index contributed by atoms with van der Waals surface area (Å²) < 4.78 is 37.2. The van der Waals surface area contributed by atoms with Gasteiger partial charge in [0.15, 0.2) is 0 Å². The van der Waals surface area contributed by atoms with Crippen molar-refractivity contribution in [2.24, 2.45) is 5.73 Å². The Kier molecular flexibility index (Phi) is 3.78. The van der Waals surface area contributed by atoms with E-state index in [0.717, 1.165) is 19.3 Å². The molecule has 0 aromatic heterocycles. The van der Waals surface area contributed by atoms with Crippen molar-refractivity contribution in [3.05, 3.63) is 0 Å². The molecule has 0 aromatic carbocycles. The van der Waals surface area contributed by atoms with Gasteiger partial charge in [0.05, 0.1) is 0 Å². The minimum atomic E-state index is -4.08. The van der Waals surface area contributed by atoms with Gasteiger partial charge in [-0.15, -0.1) is 0 Å². The molecule has 14 heavy (non-hydrogen) atoms. The monoisotopic (exact) mass is 210 g/mol. The van der Waals surface area contributed by atoms with Crippen LogP contribution in [0.3, 0.4) is 0 Å². The minimum absolute atomic E-state index is 0.230. The number of alkyl halides is 3. The minimum Gasteiger partial charge on any atom is -0.330 e. The van der Waals surface area contributed by atoms with Crippen molar-refractivity contribution < 1.29 is 13.2 Å². The number of hydrogen-bond acceptors (Lipinski definition) is 2. The molecule has 0 aliphatic heterocycles. The van der Waals surface area contributed by atoms with Crippen LogP contribution in [0.25, 0.3) is 0 Å². The first-order valence-corrected chi connectivity index (χ1v) is 5.04. The average molecular weight is 210 g/mol. The second-order valence-corrected chi connectivity index (χ2v) is 3.86. The second kappa shape index (κ2) is 4.49. The van der Waals surface area contributed by atoms with E-state index in [0.29, 0.717) is 13.1 Å². The molecule has 0 saturated heterocycles.